The Morgan fingerprint density at radius 2 is 1.42 bits per heavy atom. The number of fused-ring (bicyclic) bond motifs is 2. The molecule has 0 saturated heterocycles. The summed E-state index contributed by atoms with van der Waals surface area (Å²) in [6.45, 7) is 4.00. The number of nitrogens with zero attached hydrogens (tertiary/aromatic N) is 4. The van der Waals surface area contributed by atoms with Crippen LogP contribution in [0.2, 0.25) is 0 Å². The van der Waals surface area contributed by atoms with E-state index in [9.17, 15) is 8.78 Å². The molecule has 0 atom stereocenters. The average Bonchev–Trinajstić information content (AvgIpc) is 3.11. The van der Waals surface area contributed by atoms with Crippen molar-refractivity contribution in [2.45, 2.75) is 13.8 Å². The number of anilines is 2. The van der Waals surface area contributed by atoms with E-state index in [-0.39, 0.29) is 11.5 Å². The zero-order chi connectivity index (χ0) is 19.4. The van der Waals surface area contributed by atoms with Crippen molar-refractivity contribution >= 4 is 33.2 Å². The number of hydrogen-bond acceptors (Lipinski definition) is 4. The minimum Gasteiger partial charge on any atom is -0.399 e. The first-order valence-electron chi connectivity index (χ1n) is 8.10. The number of rotatable bonds is 0. The maximum atomic E-state index is 13.1. The van der Waals surface area contributed by atoms with Crippen molar-refractivity contribution in [1.82, 2.24) is 19.6 Å². The second kappa shape index (κ2) is 7.81. The Kier molecular flexibility index (Phi) is 5.76. The van der Waals surface area contributed by atoms with Crippen LogP contribution in [0.25, 0.3) is 21.8 Å². The Labute approximate surface area is 150 Å². The van der Waals surface area contributed by atoms with Crippen molar-refractivity contribution in [3.8, 4) is 0 Å². The van der Waals surface area contributed by atoms with Gasteiger partial charge in [0.25, 0.3) is 0 Å². The molecule has 0 aliphatic carbocycles. The van der Waals surface area contributed by atoms with Gasteiger partial charge in [-0.25, -0.2) is 8.78 Å². The SMILES string of the molecule is CC.Cn1cc2cc(N)c(F)cc2n1.Cn1cc2cc(N)cc(F)c2n1. The Bertz CT molecular complexity index is 996. The van der Waals surface area contributed by atoms with E-state index in [2.05, 4.69) is 10.2 Å². The van der Waals surface area contributed by atoms with E-state index in [1.165, 1.54) is 12.1 Å². The number of aryl methyl sites for hydroxylation is 2. The van der Waals surface area contributed by atoms with E-state index in [0.717, 1.165) is 10.8 Å². The molecule has 26 heavy (non-hydrogen) atoms. The van der Waals surface area contributed by atoms with Gasteiger partial charge in [-0.3, -0.25) is 9.36 Å². The predicted octanol–water partition coefficient (Wildman–Crippen LogP) is 3.62. The van der Waals surface area contributed by atoms with Crippen LogP contribution in [0.3, 0.4) is 0 Å². The molecule has 0 saturated carbocycles. The molecule has 2 aromatic carbocycles. The Balaban J connectivity index is 0.000000171. The van der Waals surface area contributed by atoms with Crippen LogP contribution < -0.4 is 11.5 Å². The van der Waals surface area contributed by atoms with Crippen molar-refractivity contribution < 1.29 is 8.78 Å². The number of halogens is 2. The summed E-state index contributed by atoms with van der Waals surface area (Å²) in [4.78, 5) is 0. The van der Waals surface area contributed by atoms with Crippen LogP contribution in [0, 0.1) is 11.6 Å². The van der Waals surface area contributed by atoms with Crippen molar-refractivity contribution in [1.29, 1.82) is 0 Å². The highest BCUT2D eigenvalue weighted by Crippen LogP contribution is 2.19. The lowest BCUT2D eigenvalue weighted by Crippen LogP contribution is -1.89. The zero-order valence-corrected chi connectivity index (χ0v) is 15.2. The molecule has 2 heterocycles. The standard InChI is InChI=1S/2C8H8FN3.C2H6/c1-12-4-5-2-7(10)6(9)3-8(5)11-12;1-12-4-5-2-6(10)3-7(9)8(5)11-12;1-2/h2*2-4H,10H2,1H3;1-2H3. The third kappa shape index (κ3) is 4.08. The number of nitrogens with two attached hydrogens (primary N) is 2. The maximum Gasteiger partial charge on any atom is 0.153 e. The van der Waals surface area contributed by atoms with Gasteiger partial charge in [-0.05, 0) is 18.2 Å². The third-order valence-corrected chi connectivity index (χ3v) is 3.44. The maximum absolute atomic E-state index is 13.1. The average molecular weight is 360 g/mol. The number of nitrogen functional groups attached to an aromatic ring is 2. The normalized spacial score (nSPS) is 10.2. The molecule has 2 aromatic heterocycles. The largest absolute Gasteiger partial charge is 0.399 e. The van der Waals surface area contributed by atoms with Gasteiger partial charge in [0.15, 0.2) is 5.82 Å². The first kappa shape index (κ1) is 19.2. The second-order valence-corrected chi connectivity index (χ2v) is 5.48. The summed E-state index contributed by atoms with van der Waals surface area (Å²) in [5.74, 6) is -0.785. The highest BCUT2D eigenvalue weighted by molar-refractivity contribution is 5.82. The molecule has 0 bridgehead atoms. The van der Waals surface area contributed by atoms with E-state index in [4.69, 9.17) is 11.5 Å². The molecular formula is C18H22F2N6. The van der Waals surface area contributed by atoms with E-state index in [0.29, 0.717) is 16.7 Å². The fourth-order valence-corrected chi connectivity index (χ4v) is 2.42. The van der Waals surface area contributed by atoms with Crippen LogP contribution in [0.15, 0.2) is 36.7 Å². The fourth-order valence-electron chi connectivity index (χ4n) is 2.42. The van der Waals surface area contributed by atoms with E-state index >= 15 is 0 Å². The van der Waals surface area contributed by atoms with Gasteiger partial charge in [0.1, 0.15) is 11.3 Å². The summed E-state index contributed by atoms with van der Waals surface area (Å²) in [5, 5.41) is 9.57. The molecule has 4 rings (SSSR count). The van der Waals surface area contributed by atoms with Crippen LogP contribution >= 0.6 is 0 Å². The molecule has 0 fully saturated rings. The van der Waals surface area contributed by atoms with Gasteiger partial charge in [-0.1, -0.05) is 13.8 Å². The molecule has 0 spiro atoms. The minimum atomic E-state index is -0.416. The van der Waals surface area contributed by atoms with Crippen LogP contribution in [0.4, 0.5) is 20.2 Å². The zero-order valence-electron chi connectivity index (χ0n) is 15.2. The van der Waals surface area contributed by atoms with Gasteiger partial charge in [-0.2, -0.15) is 10.2 Å². The van der Waals surface area contributed by atoms with Crippen molar-refractivity contribution in [2.24, 2.45) is 14.1 Å². The topological polar surface area (TPSA) is 87.7 Å². The van der Waals surface area contributed by atoms with Gasteiger partial charge >= 0.3 is 0 Å². The van der Waals surface area contributed by atoms with E-state index in [1.807, 2.05) is 13.8 Å². The molecule has 0 radical (unpaired) electrons. The summed E-state index contributed by atoms with van der Waals surface area (Å²) in [5.41, 5.74) is 12.4. The van der Waals surface area contributed by atoms with E-state index in [1.54, 1.807) is 48.0 Å². The molecule has 138 valence electrons. The molecule has 0 aliphatic heterocycles. The molecule has 8 heteroatoms. The van der Waals surface area contributed by atoms with Crippen LogP contribution in [-0.4, -0.2) is 19.6 Å². The van der Waals surface area contributed by atoms with Gasteiger partial charge < -0.3 is 11.5 Å². The molecular weight excluding hydrogens is 338 g/mol. The third-order valence-electron chi connectivity index (χ3n) is 3.44. The summed E-state index contributed by atoms with van der Waals surface area (Å²) in [7, 11) is 3.53. The lowest BCUT2D eigenvalue weighted by atomic mass is 10.2. The Morgan fingerprint density at radius 1 is 0.808 bits per heavy atom. The molecule has 6 nitrogen and oxygen atoms in total. The van der Waals surface area contributed by atoms with Crippen molar-refractivity contribution in [2.75, 3.05) is 11.5 Å². The minimum absolute atomic E-state index is 0.163. The van der Waals surface area contributed by atoms with Crippen LogP contribution in [0.5, 0.6) is 0 Å². The van der Waals surface area contributed by atoms with Gasteiger partial charge in [0.05, 0.1) is 11.2 Å². The summed E-state index contributed by atoms with van der Waals surface area (Å²) in [6, 6.07) is 5.89. The van der Waals surface area contributed by atoms with Gasteiger partial charge in [-0.15, -0.1) is 0 Å². The summed E-state index contributed by atoms with van der Waals surface area (Å²) < 4.78 is 29.2. The molecule has 0 amide bonds. The summed E-state index contributed by atoms with van der Waals surface area (Å²) in [6.07, 6.45) is 3.53. The monoisotopic (exact) mass is 360 g/mol. The first-order valence-corrected chi connectivity index (χ1v) is 8.10. The Morgan fingerprint density at radius 3 is 2.12 bits per heavy atom. The highest BCUT2D eigenvalue weighted by atomic mass is 19.1. The van der Waals surface area contributed by atoms with Crippen molar-refractivity contribution in [3.05, 3.63) is 48.3 Å². The first-order chi connectivity index (χ1) is 12.3. The number of hydrogen-bond donors (Lipinski definition) is 2. The lowest BCUT2D eigenvalue weighted by molar-refractivity contribution is 0.633. The van der Waals surface area contributed by atoms with Crippen LogP contribution in [-0.2, 0) is 14.1 Å². The van der Waals surface area contributed by atoms with Gasteiger partial charge in [0, 0.05) is 49.0 Å². The number of aromatic nitrogens is 4. The molecule has 4 aromatic rings. The quantitative estimate of drug-likeness (QED) is 0.469. The fraction of sp³-hybridized carbons (Fsp3) is 0.222. The second-order valence-electron chi connectivity index (χ2n) is 5.48. The lowest BCUT2D eigenvalue weighted by Gasteiger charge is -1.93. The molecule has 0 unspecified atom stereocenters. The summed E-state index contributed by atoms with van der Waals surface area (Å²) >= 11 is 0. The smallest absolute Gasteiger partial charge is 0.153 e. The molecule has 0 aliphatic rings. The molecule has 4 N–H and O–H groups in total. The van der Waals surface area contributed by atoms with E-state index < -0.39 is 5.82 Å². The van der Waals surface area contributed by atoms with Crippen LogP contribution in [0.1, 0.15) is 13.8 Å². The Hall–Kier alpha value is -3.16. The van der Waals surface area contributed by atoms with Gasteiger partial charge in [0.2, 0.25) is 0 Å². The highest BCUT2D eigenvalue weighted by Gasteiger charge is 2.05. The number of benzene rings is 2. The van der Waals surface area contributed by atoms with Crippen molar-refractivity contribution in [3.63, 3.8) is 0 Å². The predicted molar refractivity (Wildman–Crippen MR) is 102 cm³/mol.